The van der Waals surface area contributed by atoms with E-state index in [1.165, 1.54) is 18.2 Å². The minimum absolute atomic E-state index is 0.0141. The molecular formula is C37H54N6O8. The third kappa shape index (κ3) is 12.1. The van der Waals surface area contributed by atoms with Crippen LogP contribution in [-0.4, -0.2) is 99.3 Å². The van der Waals surface area contributed by atoms with Gasteiger partial charge in [-0.15, -0.1) is 0 Å². The molecule has 2 fully saturated rings. The Bertz CT molecular complexity index is 1460. The van der Waals surface area contributed by atoms with Gasteiger partial charge in [0.15, 0.2) is 0 Å². The molecule has 1 saturated carbocycles. The molecule has 51 heavy (non-hydrogen) atoms. The summed E-state index contributed by atoms with van der Waals surface area (Å²) in [6.07, 6.45) is 7.02. The van der Waals surface area contributed by atoms with Crippen molar-refractivity contribution in [3.63, 3.8) is 0 Å². The fourth-order valence-electron chi connectivity index (χ4n) is 6.91. The number of hydrogen-bond acceptors (Lipinski definition) is 9. The second-order valence-electron chi connectivity index (χ2n) is 14.8. The number of hydrogen-bond donors (Lipinski definition) is 5. The van der Waals surface area contributed by atoms with E-state index in [9.17, 15) is 29.1 Å². The molecule has 1 aromatic carbocycles. The quantitative estimate of drug-likeness (QED) is 0.173. The maximum atomic E-state index is 14.2. The standard InChI is InChI=1S/C37H54N6O8/c1-23(44)50-21-27-19-28(35(48)43(27)5)32(45)29(16-24-12-8-6-9-13-24)40-34(47)31(18-26-20-38-22-39-26)41-33(46)30(17-25-14-10-7-11-15-25)42-36(49)51-37(2,3)4/h7,10-11,14-15,20,22,24,27-32,45H,6,8-9,12-13,16-19,21H2,1-5H3,(H,38,39)(H,40,47)(H,41,46)(H,42,49)/t27-,28-,29-,30-,31-,32-/m0/s1. The first-order valence-electron chi connectivity index (χ1n) is 17.9. The van der Waals surface area contributed by atoms with E-state index in [0.29, 0.717) is 12.1 Å². The Kier molecular flexibility index (Phi) is 14.0. The molecule has 1 aliphatic heterocycles. The average molecular weight is 711 g/mol. The number of H-pyrrole nitrogens is 1. The Labute approximate surface area is 299 Å². The highest BCUT2D eigenvalue weighted by molar-refractivity contribution is 5.92. The second kappa shape index (κ2) is 18.2. The zero-order chi connectivity index (χ0) is 37.1. The lowest BCUT2D eigenvalue weighted by Gasteiger charge is -2.33. The molecule has 4 rings (SSSR count). The molecule has 14 heteroatoms. The molecule has 2 heterocycles. The molecule has 1 aliphatic carbocycles. The van der Waals surface area contributed by atoms with Gasteiger partial charge >= 0.3 is 12.1 Å². The SMILES string of the molecule is CC(=O)OC[C@@H]1C[C@@H]([C@H](O)[C@H](CC2CCCCC2)NC(=O)[C@H](Cc2cnc[nH]2)NC(=O)[C@H](Cc2ccccc2)NC(=O)OC(C)(C)C)C(=O)N1C. The van der Waals surface area contributed by atoms with Crippen LogP contribution in [0.2, 0.25) is 0 Å². The number of aliphatic hydroxyl groups excluding tert-OH is 1. The lowest BCUT2D eigenvalue weighted by atomic mass is 9.81. The van der Waals surface area contributed by atoms with Gasteiger partial charge in [0.25, 0.3) is 0 Å². The van der Waals surface area contributed by atoms with Crippen LogP contribution in [0.3, 0.4) is 0 Å². The maximum Gasteiger partial charge on any atom is 0.408 e. The molecule has 4 amide bonds. The van der Waals surface area contributed by atoms with Crippen molar-refractivity contribution in [1.82, 2.24) is 30.8 Å². The van der Waals surface area contributed by atoms with E-state index in [1.807, 2.05) is 30.3 Å². The molecule has 0 radical (unpaired) electrons. The number of alkyl carbamates (subject to hydrolysis) is 1. The number of ether oxygens (including phenoxy) is 2. The van der Waals surface area contributed by atoms with Crippen LogP contribution in [0.5, 0.6) is 0 Å². The van der Waals surface area contributed by atoms with Crippen LogP contribution in [0.4, 0.5) is 4.79 Å². The topological polar surface area (TPSA) is 192 Å². The highest BCUT2D eigenvalue weighted by Crippen LogP contribution is 2.33. The van der Waals surface area contributed by atoms with E-state index >= 15 is 0 Å². The van der Waals surface area contributed by atoms with E-state index in [4.69, 9.17) is 9.47 Å². The second-order valence-corrected chi connectivity index (χ2v) is 14.8. The first kappa shape index (κ1) is 39.3. The van der Waals surface area contributed by atoms with Crippen molar-refractivity contribution in [3.05, 3.63) is 54.1 Å². The van der Waals surface area contributed by atoms with Gasteiger partial charge in [0, 0.05) is 38.7 Å². The van der Waals surface area contributed by atoms with E-state index in [-0.39, 0.29) is 37.7 Å². The third-order valence-corrected chi connectivity index (χ3v) is 9.58. The number of carbonyl (C=O) groups excluding carboxylic acids is 5. The Morgan fingerprint density at radius 3 is 2.29 bits per heavy atom. The van der Waals surface area contributed by atoms with Gasteiger partial charge < -0.3 is 40.4 Å². The number of nitrogens with zero attached hydrogens (tertiary/aromatic N) is 2. The van der Waals surface area contributed by atoms with Crippen LogP contribution in [0.15, 0.2) is 42.9 Å². The van der Waals surface area contributed by atoms with Crippen LogP contribution < -0.4 is 16.0 Å². The summed E-state index contributed by atoms with van der Waals surface area (Å²) in [6, 6.07) is 5.77. The number of aliphatic hydroxyl groups is 1. The van der Waals surface area contributed by atoms with Gasteiger partial charge in [0.1, 0.15) is 24.3 Å². The van der Waals surface area contributed by atoms with E-state index in [1.54, 1.807) is 34.0 Å². The number of likely N-dealkylation sites (tertiary alicyclic amines) is 1. The first-order valence-corrected chi connectivity index (χ1v) is 17.9. The van der Waals surface area contributed by atoms with Crippen molar-refractivity contribution in [2.75, 3.05) is 13.7 Å². The Morgan fingerprint density at radius 2 is 1.67 bits per heavy atom. The number of likely N-dealkylation sites (N-methyl/N-ethyl adjacent to an activating group) is 1. The molecule has 0 spiro atoms. The van der Waals surface area contributed by atoms with Crippen LogP contribution >= 0.6 is 0 Å². The predicted molar refractivity (Wildman–Crippen MR) is 188 cm³/mol. The molecule has 5 N–H and O–H groups in total. The summed E-state index contributed by atoms with van der Waals surface area (Å²) < 4.78 is 10.6. The maximum absolute atomic E-state index is 14.2. The third-order valence-electron chi connectivity index (χ3n) is 9.58. The van der Waals surface area contributed by atoms with E-state index in [2.05, 4.69) is 25.9 Å². The monoisotopic (exact) mass is 710 g/mol. The Morgan fingerprint density at radius 1 is 1.00 bits per heavy atom. The van der Waals surface area contributed by atoms with Crippen molar-refractivity contribution >= 4 is 29.8 Å². The molecule has 14 nitrogen and oxygen atoms in total. The minimum Gasteiger partial charge on any atom is -0.464 e. The van der Waals surface area contributed by atoms with Crippen molar-refractivity contribution in [2.24, 2.45) is 11.8 Å². The van der Waals surface area contributed by atoms with Gasteiger partial charge in [-0.05, 0) is 45.1 Å². The summed E-state index contributed by atoms with van der Waals surface area (Å²) in [6.45, 7) is 6.48. The fraction of sp³-hybridized carbons (Fsp3) is 0.622. The number of imidazole rings is 1. The lowest BCUT2D eigenvalue weighted by Crippen LogP contribution is -2.58. The van der Waals surface area contributed by atoms with Crippen molar-refractivity contribution in [2.45, 2.75) is 121 Å². The molecule has 1 aromatic heterocycles. The molecule has 1 saturated heterocycles. The molecule has 0 bridgehead atoms. The van der Waals surface area contributed by atoms with Crippen molar-refractivity contribution in [1.29, 1.82) is 0 Å². The van der Waals surface area contributed by atoms with Crippen LogP contribution in [0, 0.1) is 11.8 Å². The van der Waals surface area contributed by atoms with Gasteiger partial charge in [0.05, 0.1) is 30.4 Å². The Balaban J connectivity index is 1.56. The van der Waals surface area contributed by atoms with Gasteiger partial charge in [-0.1, -0.05) is 62.4 Å². The zero-order valence-electron chi connectivity index (χ0n) is 30.4. The average Bonchev–Trinajstić information content (AvgIpc) is 3.69. The van der Waals surface area contributed by atoms with Gasteiger partial charge in [-0.3, -0.25) is 19.2 Å². The number of aromatic nitrogens is 2. The van der Waals surface area contributed by atoms with Gasteiger partial charge in [-0.2, -0.15) is 0 Å². The Hall–Kier alpha value is -4.46. The molecule has 2 aromatic rings. The number of benzene rings is 1. The van der Waals surface area contributed by atoms with E-state index in [0.717, 1.165) is 37.7 Å². The number of nitrogens with one attached hydrogen (secondary N) is 4. The lowest BCUT2D eigenvalue weighted by molar-refractivity contribution is -0.144. The highest BCUT2D eigenvalue weighted by atomic mass is 16.6. The highest BCUT2D eigenvalue weighted by Gasteiger charge is 2.45. The summed E-state index contributed by atoms with van der Waals surface area (Å²) in [7, 11) is 1.62. The molecule has 0 unspecified atom stereocenters. The van der Waals surface area contributed by atoms with Crippen molar-refractivity contribution in [3.8, 4) is 0 Å². The number of rotatable bonds is 15. The number of esters is 1. The minimum atomic E-state index is -1.23. The van der Waals surface area contributed by atoms with Gasteiger partial charge in [-0.25, -0.2) is 9.78 Å². The van der Waals surface area contributed by atoms with Gasteiger partial charge in [0.2, 0.25) is 17.7 Å². The summed E-state index contributed by atoms with van der Waals surface area (Å²) in [5.74, 6) is -2.49. The normalized spacial score (nSPS) is 20.5. The largest absolute Gasteiger partial charge is 0.464 e. The van der Waals surface area contributed by atoms with Crippen LogP contribution in [-0.2, 0) is 41.5 Å². The molecule has 280 valence electrons. The van der Waals surface area contributed by atoms with Crippen LogP contribution in [0.25, 0.3) is 0 Å². The fourth-order valence-corrected chi connectivity index (χ4v) is 6.91. The predicted octanol–water partition coefficient (Wildman–Crippen LogP) is 2.80. The smallest absolute Gasteiger partial charge is 0.408 e. The van der Waals surface area contributed by atoms with Crippen molar-refractivity contribution < 1.29 is 38.6 Å². The number of carbonyl (C=O) groups is 5. The van der Waals surface area contributed by atoms with E-state index < -0.39 is 65.7 Å². The molecular weight excluding hydrogens is 656 g/mol. The zero-order valence-corrected chi connectivity index (χ0v) is 30.4. The number of amides is 4. The summed E-state index contributed by atoms with van der Waals surface area (Å²) >= 11 is 0. The number of aromatic amines is 1. The van der Waals surface area contributed by atoms with Crippen LogP contribution in [0.1, 0.15) is 83.9 Å². The first-order chi connectivity index (χ1) is 24.2. The summed E-state index contributed by atoms with van der Waals surface area (Å²) in [5.41, 5.74) is 0.572. The molecule has 6 atom stereocenters. The summed E-state index contributed by atoms with van der Waals surface area (Å²) in [5, 5.41) is 20.3. The molecule has 2 aliphatic rings. The summed E-state index contributed by atoms with van der Waals surface area (Å²) in [4.78, 5) is 74.4.